The number of ketones is 1. The number of carbonyl (C=O) groups is 1. The van der Waals surface area contributed by atoms with Crippen LogP contribution in [0.4, 0.5) is 11.4 Å². The molecule has 2 aromatic carbocycles. The van der Waals surface area contributed by atoms with Gasteiger partial charge >= 0.3 is 0 Å². The van der Waals surface area contributed by atoms with Crippen molar-refractivity contribution in [1.82, 2.24) is 9.78 Å². The lowest BCUT2D eigenvalue weighted by atomic mass is 10.1. The van der Waals surface area contributed by atoms with Gasteiger partial charge in [0.15, 0.2) is 10.9 Å². The first-order valence-electron chi connectivity index (χ1n) is 8.81. The number of rotatable bonds is 5. The molecule has 3 rings (SSSR count). The summed E-state index contributed by atoms with van der Waals surface area (Å²) >= 11 is 11.4. The normalized spacial score (nSPS) is 10.6. The minimum absolute atomic E-state index is 0.0339. The standard InChI is InChI=1S/C21H21ClN4OS/c1-13-20(14(2)26(25-13)12-16-4-8-18(22)9-5-16)24-21(28)23-19-10-6-17(7-11-19)15(3)27/h4-11H,12H2,1-3H3,(H2,23,24,28). The summed E-state index contributed by atoms with van der Waals surface area (Å²) in [7, 11) is 0. The van der Waals surface area contributed by atoms with Crippen LogP contribution in [0, 0.1) is 13.8 Å². The maximum Gasteiger partial charge on any atom is 0.175 e. The number of halogens is 1. The number of Topliss-reactive ketones (excluding diaryl/α,β-unsaturated/α-hetero) is 1. The molecule has 5 nitrogen and oxygen atoms in total. The van der Waals surface area contributed by atoms with Crippen LogP contribution >= 0.6 is 23.8 Å². The van der Waals surface area contributed by atoms with E-state index in [0.717, 1.165) is 28.3 Å². The second-order valence-electron chi connectivity index (χ2n) is 6.54. The molecule has 3 aromatic rings. The number of hydrogen-bond donors (Lipinski definition) is 2. The molecule has 0 saturated carbocycles. The molecule has 0 amide bonds. The Bertz CT molecular complexity index is 1010. The largest absolute Gasteiger partial charge is 0.332 e. The number of nitrogens with one attached hydrogen (secondary N) is 2. The lowest BCUT2D eigenvalue weighted by Crippen LogP contribution is -2.20. The van der Waals surface area contributed by atoms with Crippen LogP contribution in [0.3, 0.4) is 0 Å². The Balaban J connectivity index is 1.69. The van der Waals surface area contributed by atoms with Crippen LogP contribution in [0.15, 0.2) is 48.5 Å². The van der Waals surface area contributed by atoms with E-state index >= 15 is 0 Å². The Morgan fingerprint density at radius 2 is 1.71 bits per heavy atom. The average molecular weight is 413 g/mol. The third-order valence-electron chi connectivity index (χ3n) is 4.41. The molecule has 0 atom stereocenters. The van der Waals surface area contributed by atoms with Gasteiger partial charge in [-0.1, -0.05) is 23.7 Å². The summed E-state index contributed by atoms with van der Waals surface area (Å²) in [5.74, 6) is 0.0339. The summed E-state index contributed by atoms with van der Waals surface area (Å²) in [6, 6.07) is 14.9. The van der Waals surface area contributed by atoms with E-state index in [9.17, 15) is 4.79 Å². The van der Waals surface area contributed by atoms with E-state index in [1.165, 1.54) is 0 Å². The van der Waals surface area contributed by atoms with Crippen molar-refractivity contribution in [3.8, 4) is 0 Å². The monoisotopic (exact) mass is 412 g/mol. The van der Waals surface area contributed by atoms with Gasteiger partial charge in [-0.15, -0.1) is 0 Å². The number of benzene rings is 2. The molecule has 2 N–H and O–H groups in total. The fraction of sp³-hybridized carbons (Fsp3) is 0.190. The minimum Gasteiger partial charge on any atom is -0.332 e. The molecule has 0 unspecified atom stereocenters. The number of nitrogens with zero attached hydrogens (tertiary/aromatic N) is 2. The van der Waals surface area contributed by atoms with E-state index in [1.54, 1.807) is 19.1 Å². The van der Waals surface area contributed by atoms with Gasteiger partial charge in [0.05, 0.1) is 23.6 Å². The molecule has 0 aliphatic rings. The predicted molar refractivity (Wildman–Crippen MR) is 119 cm³/mol. The molecule has 144 valence electrons. The topological polar surface area (TPSA) is 59.0 Å². The molecule has 0 saturated heterocycles. The highest BCUT2D eigenvalue weighted by molar-refractivity contribution is 7.80. The molecule has 0 fully saturated rings. The quantitative estimate of drug-likeness (QED) is 0.444. The highest BCUT2D eigenvalue weighted by Crippen LogP contribution is 2.21. The maximum absolute atomic E-state index is 11.4. The van der Waals surface area contributed by atoms with Crippen LogP contribution in [-0.4, -0.2) is 20.7 Å². The summed E-state index contributed by atoms with van der Waals surface area (Å²) in [5.41, 5.74) is 5.33. The van der Waals surface area contributed by atoms with Gasteiger partial charge in [0.1, 0.15) is 0 Å². The molecule has 0 aliphatic carbocycles. The van der Waals surface area contributed by atoms with Crippen LogP contribution in [0.2, 0.25) is 5.02 Å². The van der Waals surface area contributed by atoms with E-state index in [0.29, 0.717) is 22.2 Å². The molecule has 7 heteroatoms. The molecule has 0 aliphatic heterocycles. The number of carbonyl (C=O) groups excluding carboxylic acids is 1. The van der Waals surface area contributed by atoms with E-state index in [-0.39, 0.29) is 5.78 Å². The smallest absolute Gasteiger partial charge is 0.175 e. The first-order chi connectivity index (χ1) is 13.3. The van der Waals surface area contributed by atoms with E-state index < -0.39 is 0 Å². The second-order valence-corrected chi connectivity index (χ2v) is 7.39. The lowest BCUT2D eigenvalue weighted by molar-refractivity contribution is 0.101. The van der Waals surface area contributed by atoms with Crippen molar-refractivity contribution in [2.24, 2.45) is 0 Å². The summed E-state index contributed by atoms with van der Waals surface area (Å²) in [6.45, 7) is 6.14. The Morgan fingerprint density at radius 1 is 1.07 bits per heavy atom. The van der Waals surface area contributed by atoms with Crippen molar-refractivity contribution in [2.45, 2.75) is 27.3 Å². The van der Waals surface area contributed by atoms with Crippen LogP contribution in [0.1, 0.15) is 34.2 Å². The third-order valence-corrected chi connectivity index (χ3v) is 4.87. The number of aryl methyl sites for hydroxylation is 1. The number of anilines is 2. The highest BCUT2D eigenvalue weighted by atomic mass is 35.5. The molecule has 0 radical (unpaired) electrons. The number of hydrogen-bond acceptors (Lipinski definition) is 3. The van der Waals surface area contributed by atoms with Gasteiger partial charge in [0.25, 0.3) is 0 Å². The minimum atomic E-state index is 0.0339. The molecule has 28 heavy (non-hydrogen) atoms. The van der Waals surface area contributed by atoms with Crippen molar-refractivity contribution in [2.75, 3.05) is 10.6 Å². The zero-order valence-corrected chi connectivity index (χ0v) is 17.5. The molecule has 0 bridgehead atoms. The van der Waals surface area contributed by atoms with Gasteiger partial charge in [-0.2, -0.15) is 5.10 Å². The van der Waals surface area contributed by atoms with Crippen molar-refractivity contribution in [1.29, 1.82) is 0 Å². The Hall–Kier alpha value is -2.70. The maximum atomic E-state index is 11.4. The fourth-order valence-electron chi connectivity index (χ4n) is 2.86. The second kappa shape index (κ2) is 8.54. The Labute approximate surface area is 174 Å². The SMILES string of the molecule is CC(=O)c1ccc(NC(=S)Nc2c(C)nn(Cc3ccc(Cl)cc3)c2C)cc1. The zero-order valence-electron chi connectivity index (χ0n) is 15.9. The zero-order chi connectivity index (χ0) is 20.3. The Kier molecular flexibility index (Phi) is 6.11. The van der Waals surface area contributed by atoms with Gasteiger partial charge in [0, 0.05) is 16.3 Å². The van der Waals surface area contributed by atoms with Crippen molar-refractivity contribution >= 4 is 46.1 Å². The summed E-state index contributed by atoms with van der Waals surface area (Å²) in [5, 5.41) is 12.2. The summed E-state index contributed by atoms with van der Waals surface area (Å²) in [4.78, 5) is 11.4. The van der Waals surface area contributed by atoms with Crippen LogP contribution < -0.4 is 10.6 Å². The van der Waals surface area contributed by atoms with Gasteiger partial charge in [0.2, 0.25) is 0 Å². The predicted octanol–water partition coefficient (Wildman–Crippen LogP) is 5.21. The van der Waals surface area contributed by atoms with Gasteiger partial charge in [-0.25, -0.2) is 0 Å². The van der Waals surface area contributed by atoms with Crippen molar-refractivity contribution in [3.63, 3.8) is 0 Å². The number of aromatic nitrogens is 2. The van der Waals surface area contributed by atoms with Gasteiger partial charge in [-0.05, 0) is 75.0 Å². The molecular formula is C21H21ClN4OS. The summed E-state index contributed by atoms with van der Waals surface area (Å²) < 4.78 is 1.94. The third kappa shape index (κ3) is 4.77. The molecule has 1 heterocycles. The molecule has 1 aromatic heterocycles. The molecular weight excluding hydrogens is 392 g/mol. The first-order valence-corrected chi connectivity index (χ1v) is 9.59. The van der Waals surface area contributed by atoms with Gasteiger partial charge in [-0.3, -0.25) is 9.48 Å². The Morgan fingerprint density at radius 3 is 2.32 bits per heavy atom. The van der Waals surface area contributed by atoms with Crippen LogP contribution in [0.5, 0.6) is 0 Å². The van der Waals surface area contributed by atoms with Crippen LogP contribution in [-0.2, 0) is 6.54 Å². The fourth-order valence-corrected chi connectivity index (χ4v) is 3.20. The van der Waals surface area contributed by atoms with Crippen molar-refractivity contribution < 1.29 is 4.79 Å². The molecule has 0 spiro atoms. The van der Waals surface area contributed by atoms with Crippen LogP contribution in [0.25, 0.3) is 0 Å². The highest BCUT2D eigenvalue weighted by Gasteiger charge is 2.13. The van der Waals surface area contributed by atoms with E-state index in [1.807, 2.05) is 54.9 Å². The van der Waals surface area contributed by atoms with Crippen molar-refractivity contribution in [3.05, 3.63) is 76.1 Å². The lowest BCUT2D eigenvalue weighted by Gasteiger charge is -2.11. The van der Waals surface area contributed by atoms with Gasteiger partial charge < -0.3 is 10.6 Å². The van der Waals surface area contributed by atoms with E-state index in [2.05, 4.69) is 15.7 Å². The number of thiocarbonyl (C=S) groups is 1. The van der Waals surface area contributed by atoms with E-state index in [4.69, 9.17) is 23.8 Å². The first kappa shape index (κ1) is 20.0. The summed E-state index contributed by atoms with van der Waals surface area (Å²) in [6.07, 6.45) is 0. The average Bonchev–Trinajstić information content (AvgIpc) is 2.91.